The van der Waals surface area contributed by atoms with Crippen LogP contribution in [0.2, 0.25) is 0 Å². The zero-order valence-corrected chi connectivity index (χ0v) is 18.1. The first-order valence-electron chi connectivity index (χ1n) is 10.5. The lowest BCUT2D eigenvalue weighted by Gasteiger charge is -2.32. The fourth-order valence-electron chi connectivity index (χ4n) is 3.66. The third kappa shape index (κ3) is 5.72. The fourth-order valence-corrected chi connectivity index (χ4v) is 4.40. The molecule has 0 spiro atoms. The van der Waals surface area contributed by atoms with Crippen molar-refractivity contribution < 1.29 is 22.4 Å². The van der Waals surface area contributed by atoms with Crippen molar-refractivity contribution >= 4 is 23.5 Å². The highest BCUT2D eigenvalue weighted by Crippen LogP contribution is 2.34. The average Bonchev–Trinajstić information content (AvgIpc) is 3.44. The molecule has 2 fully saturated rings. The van der Waals surface area contributed by atoms with E-state index in [0.29, 0.717) is 5.76 Å². The van der Waals surface area contributed by atoms with E-state index < -0.39 is 11.9 Å². The van der Waals surface area contributed by atoms with Gasteiger partial charge in [0.05, 0.1) is 5.75 Å². The summed E-state index contributed by atoms with van der Waals surface area (Å²) in [5.74, 6) is 0.912. The molecule has 0 radical (unpaired) electrons. The SMILES string of the molecule is CN(c1cc(C(F)(F)F)nc(SCc2ccc(C(=O)NC3CC3)o2)n1)C1CCCCC1. The normalized spacial score (nSPS) is 17.5. The third-order valence-electron chi connectivity index (χ3n) is 5.61. The average molecular weight is 455 g/mol. The van der Waals surface area contributed by atoms with E-state index in [1.807, 2.05) is 4.90 Å². The quantitative estimate of drug-likeness (QED) is 0.467. The van der Waals surface area contributed by atoms with Crippen molar-refractivity contribution in [1.29, 1.82) is 0 Å². The number of alkyl halides is 3. The number of carbonyl (C=O) groups excluding carboxylic acids is 1. The molecule has 4 rings (SSSR count). The minimum Gasteiger partial charge on any atom is -0.455 e. The van der Waals surface area contributed by atoms with Crippen molar-refractivity contribution in [3.63, 3.8) is 0 Å². The Balaban J connectivity index is 1.47. The summed E-state index contributed by atoms with van der Waals surface area (Å²) in [7, 11) is 1.80. The van der Waals surface area contributed by atoms with Crippen LogP contribution in [0.1, 0.15) is 67.0 Å². The number of furan rings is 1. The van der Waals surface area contributed by atoms with Crippen LogP contribution in [0.15, 0.2) is 27.8 Å². The molecule has 2 aromatic heterocycles. The number of carbonyl (C=O) groups is 1. The first kappa shape index (κ1) is 22.0. The van der Waals surface area contributed by atoms with Gasteiger partial charge in [0.15, 0.2) is 16.6 Å². The number of thioether (sulfide) groups is 1. The van der Waals surface area contributed by atoms with Crippen LogP contribution in [-0.4, -0.2) is 35.0 Å². The topological polar surface area (TPSA) is 71.3 Å². The maximum Gasteiger partial charge on any atom is 0.433 e. The predicted octanol–water partition coefficient (Wildman–Crippen LogP) is 5.04. The maximum absolute atomic E-state index is 13.4. The van der Waals surface area contributed by atoms with Crippen LogP contribution in [0.3, 0.4) is 0 Å². The van der Waals surface area contributed by atoms with Gasteiger partial charge in [0, 0.05) is 25.2 Å². The molecule has 6 nitrogen and oxygen atoms in total. The van der Waals surface area contributed by atoms with Gasteiger partial charge in [-0.05, 0) is 37.8 Å². The summed E-state index contributed by atoms with van der Waals surface area (Å²) in [6, 6.07) is 4.64. The summed E-state index contributed by atoms with van der Waals surface area (Å²) < 4.78 is 45.9. The number of amides is 1. The number of rotatable bonds is 7. The first-order valence-corrected chi connectivity index (χ1v) is 11.5. The molecule has 0 unspecified atom stereocenters. The number of hydrogen-bond acceptors (Lipinski definition) is 6. The largest absolute Gasteiger partial charge is 0.455 e. The second-order valence-corrected chi connectivity index (χ2v) is 9.04. The Morgan fingerprint density at radius 1 is 1.19 bits per heavy atom. The predicted molar refractivity (Wildman–Crippen MR) is 111 cm³/mol. The maximum atomic E-state index is 13.4. The highest BCUT2D eigenvalue weighted by molar-refractivity contribution is 7.98. The van der Waals surface area contributed by atoms with Crippen molar-refractivity contribution in [3.05, 3.63) is 35.4 Å². The molecular weight excluding hydrogens is 429 g/mol. The van der Waals surface area contributed by atoms with Crippen LogP contribution in [-0.2, 0) is 11.9 Å². The molecule has 2 heterocycles. The Hall–Kier alpha value is -2.23. The van der Waals surface area contributed by atoms with Crippen molar-refractivity contribution in [2.24, 2.45) is 0 Å². The van der Waals surface area contributed by atoms with Gasteiger partial charge in [-0.1, -0.05) is 31.0 Å². The van der Waals surface area contributed by atoms with Crippen molar-refractivity contribution in [2.45, 2.75) is 74.1 Å². The van der Waals surface area contributed by atoms with Crippen LogP contribution >= 0.6 is 11.8 Å². The minimum absolute atomic E-state index is 0.0351. The van der Waals surface area contributed by atoms with Crippen LogP contribution < -0.4 is 10.2 Å². The third-order valence-corrected chi connectivity index (χ3v) is 6.48. The number of halogens is 3. The van der Waals surface area contributed by atoms with Gasteiger partial charge in [-0.15, -0.1) is 0 Å². The molecule has 2 aliphatic rings. The van der Waals surface area contributed by atoms with E-state index in [2.05, 4.69) is 15.3 Å². The molecule has 0 aromatic carbocycles. The minimum atomic E-state index is -4.56. The van der Waals surface area contributed by atoms with Gasteiger partial charge >= 0.3 is 6.18 Å². The van der Waals surface area contributed by atoms with Crippen LogP contribution in [0, 0.1) is 0 Å². The standard InChI is InChI=1S/C21H25F3N4O2S/c1-28(14-5-3-2-4-6-14)18-11-17(21(22,23)24)26-20(27-18)31-12-15-9-10-16(30-15)19(29)25-13-7-8-13/h9-11,13-14H,2-8,12H2,1H3,(H,25,29). The summed E-state index contributed by atoms with van der Waals surface area (Å²) in [6.07, 6.45) is 2.59. The highest BCUT2D eigenvalue weighted by Gasteiger charge is 2.34. The van der Waals surface area contributed by atoms with E-state index in [1.54, 1.807) is 19.2 Å². The fraction of sp³-hybridized carbons (Fsp3) is 0.571. The molecule has 0 bridgehead atoms. The first-order chi connectivity index (χ1) is 14.8. The monoisotopic (exact) mass is 454 g/mol. The Bertz CT molecular complexity index is 924. The van der Waals surface area contributed by atoms with E-state index in [1.165, 1.54) is 0 Å². The van der Waals surface area contributed by atoms with Gasteiger partial charge in [-0.2, -0.15) is 13.2 Å². The number of anilines is 1. The molecule has 1 amide bonds. The molecular formula is C21H25F3N4O2S. The number of nitrogens with zero attached hydrogens (tertiary/aromatic N) is 3. The molecule has 10 heteroatoms. The van der Waals surface area contributed by atoms with Crippen molar-refractivity contribution in [1.82, 2.24) is 15.3 Å². The molecule has 0 atom stereocenters. The molecule has 0 saturated heterocycles. The van der Waals surface area contributed by atoms with Gasteiger partial charge in [-0.25, -0.2) is 9.97 Å². The van der Waals surface area contributed by atoms with Gasteiger partial charge in [0.1, 0.15) is 11.6 Å². The zero-order valence-electron chi connectivity index (χ0n) is 17.2. The second-order valence-electron chi connectivity index (χ2n) is 8.10. The van der Waals surface area contributed by atoms with Crippen LogP contribution in [0.5, 0.6) is 0 Å². The van der Waals surface area contributed by atoms with Gasteiger partial charge in [0.2, 0.25) is 0 Å². The molecule has 1 N–H and O–H groups in total. The van der Waals surface area contributed by atoms with Crippen molar-refractivity contribution in [2.75, 3.05) is 11.9 Å². The van der Waals surface area contributed by atoms with Gasteiger partial charge in [0.25, 0.3) is 5.91 Å². The van der Waals surface area contributed by atoms with E-state index in [9.17, 15) is 18.0 Å². The Morgan fingerprint density at radius 2 is 1.94 bits per heavy atom. The van der Waals surface area contributed by atoms with E-state index in [-0.39, 0.29) is 40.5 Å². The second kappa shape index (κ2) is 9.10. The molecule has 2 aliphatic carbocycles. The summed E-state index contributed by atoms with van der Waals surface area (Å²) in [4.78, 5) is 22.0. The Morgan fingerprint density at radius 3 is 2.61 bits per heavy atom. The van der Waals surface area contributed by atoms with E-state index >= 15 is 0 Å². The van der Waals surface area contributed by atoms with Crippen molar-refractivity contribution in [3.8, 4) is 0 Å². The lowest BCUT2D eigenvalue weighted by Crippen LogP contribution is -2.34. The number of hydrogen-bond donors (Lipinski definition) is 1. The van der Waals surface area contributed by atoms with Crippen LogP contribution in [0.25, 0.3) is 0 Å². The molecule has 31 heavy (non-hydrogen) atoms. The van der Waals surface area contributed by atoms with Gasteiger partial charge < -0.3 is 14.6 Å². The lowest BCUT2D eigenvalue weighted by atomic mass is 9.94. The Kier molecular flexibility index (Phi) is 6.45. The summed E-state index contributed by atoms with van der Waals surface area (Å²) in [6.45, 7) is 0. The van der Waals surface area contributed by atoms with E-state index in [4.69, 9.17) is 4.42 Å². The molecule has 2 aromatic rings. The zero-order chi connectivity index (χ0) is 22.0. The molecule has 168 valence electrons. The number of aromatic nitrogens is 2. The lowest BCUT2D eigenvalue weighted by molar-refractivity contribution is -0.141. The molecule has 0 aliphatic heterocycles. The van der Waals surface area contributed by atoms with E-state index in [0.717, 1.165) is 62.8 Å². The van der Waals surface area contributed by atoms with Gasteiger partial charge in [-0.3, -0.25) is 4.79 Å². The number of nitrogens with one attached hydrogen (secondary N) is 1. The van der Waals surface area contributed by atoms with Crippen LogP contribution in [0.4, 0.5) is 19.0 Å². The smallest absolute Gasteiger partial charge is 0.433 e. The Labute approximate surface area is 183 Å². The summed E-state index contributed by atoms with van der Waals surface area (Å²) in [5.41, 5.74) is -0.952. The summed E-state index contributed by atoms with van der Waals surface area (Å²) >= 11 is 1.06. The highest BCUT2D eigenvalue weighted by atomic mass is 32.2. The molecule has 2 saturated carbocycles. The summed E-state index contributed by atoms with van der Waals surface area (Å²) in [5, 5.41) is 2.87.